The summed E-state index contributed by atoms with van der Waals surface area (Å²) in [6.45, 7) is 0.480. The van der Waals surface area contributed by atoms with Gasteiger partial charge in [-0.15, -0.1) is 0 Å². The van der Waals surface area contributed by atoms with Crippen LogP contribution in [0, 0.1) is 0 Å². The fourth-order valence-electron chi connectivity index (χ4n) is 1.74. The lowest BCUT2D eigenvalue weighted by atomic mass is 10.1. The molecule has 1 N–H and O–H groups in total. The van der Waals surface area contributed by atoms with Crippen LogP contribution in [0.5, 0.6) is 0 Å². The zero-order valence-corrected chi connectivity index (χ0v) is 9.71. The topological polar surface area (TPSA) is 25.2 Å². The molecule has 0 bridgehead atoms. The van der Waals surface area contributed by atoms with Gasteiger partial charge >= 0.3 is 6.18 Å². The van der Waals surface area contributed by atoms with E-state index in [-0.39, 0.29) is 11.3 Å². The van der Waals surface area contributed by atoms with Gasteiger partial charge in [0.05, 0.1) is 12.1 Å². The van der Waals surface area contributed by atoms with E-state index in [9.17, 15) is 13.2 Å². The van der Waals surface area contributed by atoms with Gasteiger partial charge < -0.3 is 9.73 Å². The first kappa shape index (κ1) is 12.7. The van der Waals surface area contributed by atoms with Gasteiger partial charge in [-0.25, -0.2) is 0 Å². The summed E-state index contributed by atoms with van der Waals surface area (Å²) in [6.07, 6.45) is -4.38. The summed E-state index contributed by atoms with van der Waals surface area (Å²) < 4.78 is 43.9. The van der Waals surface area contributed by atoms with E-state index in [0.29, 0.717) is 12.3 Å². The first-order valence-electron chi connectivity index (χ1n) is 5.42. The smallest absolute Gasteiger partial charge is 0.417 e. The molecule has 0 amide bonds. The van der Waals surface area contributed by atoms with Crippen molar-refractivity contribution in [2.24, 2.45) is 0 Å². The number of rotatable bonds is 3. The highest BCUT2D eigenvalue weighted by atomic mass is 19.4. The van der Waals surface area contributed by atoms with Crippen molar-refractivity contribution in [3.8, 4) is 11.3 Å². The van der Waals surface area contributed by atoms with Gasteiger partial charge in [0.25, 0.3) is 0 Å². The van der Waals surface area contributed by atoms with Gasteiger partial charge in [0.1, 0.15) is 11.5 Å². The Balaban J connectivity index is 2.43. The van der Waals surface area contributed by atoms with Gasteiger partial charge in [-0.05, 0) is 25.2 Å². The Morgan fingerprint density at radius 2 is 1.83 bits per heavy atom. The molecule has 1 aromatic carbocycles. The van der Waals surface area contributed by atoms with Crippen LogP contribution in [0.4, 0.5) is 13.2 Å². The van der Waals surface area contributed by atoms with E-state index in [1.54, 1.807) is 25.2 Å². The van der Waals surface area contributed by atoms with Crippen molar-refractivity contribution in [1.82, 2.24) is 5.32 Å². The first-order chi connectivity index (χ1) is 8.52. The first-order valence-corrected chi connectivity index (χ1v) is 5.42. The van der Waals surface area contributed by atoms with Crippen molar-refractivity contribution >= 4 is 0 Å². The Hall–Kier alpha value is -1.75. The molecule has 0 saturated heterocycles. The molecule has 18 heavy (non-hydrogen) atoms. The summed E-state index contributed by atoms with van der Waals surface area (Å²) in [7, 11) is 1.74. The molecule has 0 saturated carbocycles. The Bertz CT molecular complexity index is 531. The maximum atomic E-state index is 12.8. The summed E-state index contributed by atoms with van der Waals surface area (Å²) >= 11 is 0. The molecule has 0 radical (unpaired) electrons. The van der Waals surface area contributed by atoms with Crippen LogP contribution in [-0.4, -0.2) is 7.05 Å². The van der Waals surface area contributed by atoms with Crippen LogP contribution in [0.1, 0.15) is 11.3 Å². The minimum absolute atomic E-state index is 0.0624. The average molecular weight is 255 g/mol. The molecule has 1 aromatic heterocycles. The third-order valence-corrected chi connectivity index (χ3v) is 2.51. The minimum atomic E-state index is -4.38. The minimum Gasteiger partial charge on any atom is -0.460 e. The van der Waals surface area contributed by atoms with Gasteiger partial charge in [-0.2, -0.15) is 13.2 Å². The third-order valence-electron chi connectivity index (χ3n) is 2.51. The molecule has 96 valence electrons. The SMILES string of the molecule is CNCc1ccc(-c2ccccc2C(F)(F)F)o1. The van der Waals surface area contributed by atoms with Gasteiger partial charge in [-0.1, -0.05) is 18.2 Å². The molecule has 1 heterocycles. The number of benzene rings is 1. The lowest BCUT2D eigenvalue weighted by Gasteiger charge is -2.10. The van der Waals surface area contributed by atoms with Crippen molar-refractivity contribution in [3.63, 3.8) is 0 Å². The number of furan rings is 1. The summed E-state index contributed by atoms with van der Waals surface area (Å²) in [5.41, 5.74) is -0.622. The maximum Gasteiger partial charge on any atom is 0.417 e. The molecule has 0 aliphatic heterocycles. The molecule has 0 aliphatic carbocycles. The monoisotopic (exact) mass is 255 g/mol. The Kier molecular flexibility index (Phi) is 3.43. The van der Waals surface area contributed by atoms with E-state index < -0.39 is 11.7 Å². The summed E-state index contributed by atoms with van der Waals surface area (Å²) in [5, 5.41) is 2.88. The summed E-state index contributed by atoms with van der Waals surface area (Å²) in [6, 6.07) is 8.60. The average Bonchev–Trinajstić information content (AvgIpc) is 2.77. The largest absolute Gasteiger partial charge is 0.460 e. The Labute approximate surface area is 102 Å². The van der Waals surface area contributed by atoms with Crippen LogP contribution >= 0.6 is 0 Å². The third kappa shape index (κ3) is 2.56. The normalized spacial score (nSPS) is 11.8. The molecule has 0 atom stereocenters. The van der Waals surface area contributed by atoms with E-state index in [1.165, 1.54) is 12.1 Å². The molecule has 0 spiro atoms. The van der Waals surface area contributed by atoms with Gasteiger partial charge in [0, 0.05) is 5.56 Å². The van der Waals surface area contributed by atoms with Crippen LogP contribution in [0.25, 0.3) is 11.3 Å². The summed E-state index contributed by atoms with van der Waals surface area (Å²) in [5.74, 6) is 0.831. The molecule has 2 rings (SSSR count). The van der Waals surface area contributed by atoms with Crippen molar-refractivity contribution in [2.75, 3.05) is 7.05 Å². The Morgan fingerprint density at radius 1 is 1.11 bits per heavy atom. The van der Waals surface area contributed by atoms with Crippen LogP contribution in [0.2, 0.25) is 0 Å². The van der Waals surface area contributed by atoms with Crippen LogP contribution in [0.15, 0.2) is 40.8 Å². The summed E-state index contributed by atoms with van der Waals surface area (Å²) in [4.78, 5) is 0. The zero-order chi connectivity index (χ0) is 13.2. The number of hydrogen-bond donors (Lipinski definition) is 1. The van der Waals surface area contributed by atoms with E-state index in [1.807, 2.05) is 0 Å². The highest BCUT2D eigenvalue weighted by Crippen LogP contribution is 2.37. The van der Waals surface area contributed by atoms with Crippen molar-refractivity contribution in [1.29, 1.82) is 0 Å². The van der Waals surface area contributed by atoms with Gasteiger partial charge in [-0.3, -0.25) is 0 Å². The molecule has 0 fully saturated rings. The number of halogens is 3. The molecular formula is C13H12F3NO. The van der Waals surface area contributed by atoms with E-state index in [2.05, 4.69) is 5.32 Å². The quantitative estimate of drug-likeness (QED) is 0.904. The lowest BCUT2D eigenvalue weighted by Crippen LogP contribution is -2.06. The number of nitrogens with one attached hydrogen (secondary N) is 1. The molecule has 2 nitrogen and oxygen atoms in total. The second-order valence-corrected chi connectivity index (χ2v) is 3.84. The van der Waals surface area contributed by atoms with Crippen molar-refractivity contribution in [2.45, 2.75) is 12.7 Å². The fourth-order valence-corrected chi connectivity index (χ4v) is 1.74. The molecule has 0 unspecified atom stereocenters. The van der Waals surface area contributed by atoms with Gasteiger partial charge in [0.15, 0.2) is 0 Å². The van der Waals surface area contributed by atoms with Crippen molar-refractivity contribution < 1.29 is 17.6 Å². The molecular weight excluding hydrogens is 243 g/mol. The van der Waals surface area contributed by atoms with Crippen LogP contribution in [-0.2, 0) is 12.7 Å². The Morgan fingerprint density at radius 3 is 2.50 bits per heavy atom. The zero-order valence-electron chi connectivity index (χ0n) is 9.71. The molecule has 0 aliphatic rings. The molecule has 2 aromatic rings. The second kappa shape index (κ2) is 4.86. The highest BCUT2D eigenvalue weighted by molar-refractivity contribution is 5.63. The van der Waals surface area contributed by atoms with E-state index in [4.69, 9.17) is 4.42 Å². The maximum absolute atomic E-state index is 12.8. The van der Waals surface area contributed by atoms with E-state index in [0.717, 1.165) is 6.07 Å². The second-order valence-electron chi connectivity index (χ2n) is 3.84. The van der Waals surface area contributed by atoms with Gasteiger partial charge in [0.2, 0.25) is 0 Å². The van der Waals surface area contributed by atoms with E-state index >= 15 is 0 Å². The number of hydrogen-bond acceptors (Lipinski definition) is 2. The lowest BCUT2D eigenvalue weighted by molar-refractivity contribution is -0.137. The predicted octanol–water partition coefficient (Wildman–Crippen LogP) is 3.68. The predicted molar refractivity (Wildman–Crippen MR) is 61.9 cm³/mol. The molecule has 5 heteroatoms. The highest BCUT2D eigenvalue weighted by Gasteiger charge is 2.33. The standard InChI is InChI=1S/C13H12F3NO/c1-17-8-9-6-7-12(18-9)10-4-2-3-5-11(10)13(14,15)16/h2-7,17H,8H2,1H3. The van der Waals surface area contributed by atoms with Crippen LogP contribution in [0.3, 0.4) is 0 Å². The van der Waals surface area contributed by atoms with Crippen LogP contribution < -0.4 is 5.32 Å². The van der Waals surface area contributed by atoms with Crippen molar-refractivity contribution in [3.05, 3.63) is 47.7 Å². The fraction of sp³-hybridized carbons (Fsp3) is 0.231. The number of alkyl halides is 3.